The molecule has 0 bridgehead atoms. The van der Waals surface area contributed by atoms with Crippen molar-refractivity contribution in [3.05, 3.63) is 235 Å². The first kappa shape index (κ1) is 37.1. The summed E-state index contributed by atoms with van der Waals surface area (Å²) in [6.45, 7) is 4.61. The Morgan fingerprint density at radius 3 is 1.40 bits per heavy atom. The van der Waals surface area contributed by atoms with Crippen LogP contribution in [-0.2, 0) is 0 Å². The Balaban J connectivity index is 1.04. The van der Waals surface area contributed by atoms with E-state index in [9.17, 15) is 0 Å². The lowest BCUT2D eigenvalue weighted by Gasteiger charge is -2.45. The molecule has 312 valence electrons. The van der Waals surface area contributed by atoms with Gasteiger partial charge in [0, 0.05) is 56.7 Å². The Labute approximate surface area is 390 Å². The summed E-state index contributed by atoms with van der Waals surface area (Å²) >= 11 is 0. The van der Waals surface area contributed by atoms with E-state index in [0.29, 0.717) is 5.92 Å². The molecule has 2 atom stereocenters. The minimum atomic E-state index is 0.000780. The van der Waals surface area contributed by atoms with Crippen LogP contribution in [0, 0.1) is 13.8 Å². The largest absolute Gasteiger partial charge is 0.311 e. The van der Waals surface area contributed by atoms with Gasteiger partial charge in [-0.15, -0.1) is 0 Å². The molecule has 2 unspecified atom stereocenters. The van der Waals surface area contributed by atoms with Gasteiger partial charge in [-0.05, 0) is 143 Å². The molecular formula is C64H43BN2. The van der Waals surface area contributed by atoms with Crippen molar-refractivity contribution < 1.29 is 0 Å². The second-order valence-corrected chi connectivity index (χ2v) is 19.2. The third-order valence-electron chi connectivity index (χ3n) is 15.8. The van der Waals surface area contributed by atoms with E-state index < -0.39 is 0 Å². The maximum absolute atomic E-state index is 2.63. The molecule has 2 aliphatic carbocycles. The Morgan fingerprint density at radius 2 is 0.806 bits per heavy atom. The standard InChI is InChI=1S/C64H43BN2/c1-38-34-58-63(54-26-13-3-16-42(38)54)66(40-30-32-52-48-22-7-5-18-44(48)46-20-9-11-24-50(46)56(52)36-40)60-28-15-29-61-62(60)65(58)59-35-39(2)43-17-4-14-27-55(43)64(59)67(61)41-31-33-53-49-23-8-6-19-45(49)47-21-10-12-25-51(47)57(53)37-41/h3-37,46,50H,1-2H3. The van der Waals surface area contributed by atoms with Gasteiger partial charge in [0.25, 0.3) is 6.71 Å². The van der Waals surface area contributed by atoms with Gasteiger partial charge in [0.05, 0.1) is 0 Å². The Bertz CT molecular complexity index is 4030. The van der Waals surface area contributed by atoms with Crippen molar-refractivity contribution in [2.75, 3.05) is 9.80 Å². The van der Waals surface area contributed by atoms with Crippen LogP contribution in [0.3, 0.4) is 0 Å². The van der Waals surface area contributed by atoms with Crippen molar-refractivity contribution in [3.63, 3.8) is 0 Å². The Morgan fingerprint density at radius 1 is 0.358 bits per heavy atom. The smallest absolute Gasteiger partial charge is 0.252 e. The van der Waals surface area contributed by atoms with Crippen molar-refractivity contribution in [1.82, 2.24) is 0 Å². The van der Waals surface area contributed by atoms with Gasteiger partial charge in [0.1, 0.15) is 0 Å². The topological polar surface area (TPSA) is 6.48 Å². The van der Waals surface area contributed by atoms with Gasteiger partial charge >= 0.3 is 0 Å². The van der Waals surface area contributed by atoms with Gasteiger partial charge in [-0.2, -0.15) is 0 Å². The molecule has 3 heteroatoms. The minimum absolute atomic E-state index is 0.000780. The quantitative estimate of drug-likeness (QED) is 0.126. The lowest BCUT2D eigenvalue weighted by molar-refractivity contribution is 0.720. The molecule has 11 aromatic carbocycles. The van der Waals surface area contributed by atoms with Crippen LogP contribution in [0.15, 0.2) is 212 Å². The molecule has 0 radical (unpaired) electrons. The highest BCUT2D eigenvalue weighted by Crippen LogP contribution is 2.53. The molecular weight excluding hydrogens is 808 g/mol. The van der Waals surface area contributed by atoms with Crippen LogP contribution >= 0.6 is 0 Å². The molecule has 2 heterocycles. The predicted octanol–water partition coefficient (Wildman–Crippen LogP) is 15.1. The van der Waals surface area contributed by atoms with Crippen LogP contribution in [0.1, 0.15) is 34.1 Å². The normalized spacial score (nSPS) is 16.3. The minimum Gasteiger partial charge on any atom is -0.311 e. The molecule has 15 rings (SSSR count). The third kappa shape index (κ3) is 5.01. The third-order valence-corrected chi connectivity index (χ3v) is 15.8. The average molecular weight is 851 g/mol. The Kier molecular flexibility index (Phi) is 7.59. The van der Waals surface area contributed by atoms with E-state index in [4.69, 9.17) is 0 Å². The fourth-order valence-corrected chi connectivity index (χ4v) is 13.0. The van der Waals surface area contributed by atoms with Crippen molar-refractivity contribution in [2.45, 2.75) is 25.7 Å². The average Bonchev–Trinajstić information content (AvgIpc) is 3.39. The second-order valence-electron chi connectivity index (χ2n) is 19.2. The van der Waals surface area contributed by atoms with Crippen LogP contribution in [0.2, 0.25) is 0 Å². The first-order valence-corrected chi connectivity index (χ1v) is 23.8. The summed E-state index contributed by atoms with van der Waals surface area (Å²) in [4.78, 5) is 5.24. The van der Waals surface area contributed by atoms with E-state index in [1.807, 2.05) is 0 Å². The maximum atomic E-state index is 2.63. The highest BCUT2D eigenvalue weighted by atomic mass is 15.2. The molecule has 0 fully saturated rings. The SMILES string of the molecule is Cc1cc2c(c3ccccc13)N(c1ccc3c(c1)C1C=CC=CC1c1ccccc1-3)c1cccc3c1B2c1cc(C)c2ccccc2c1N3c1ccc2c3ccccc3c3ccccc3c2c1. The lowest BCUT2D eigenvalue weighted by atomic mass is 9.33. The number of hydrogen-bond donors (Lipinski definition) is 0. The molecule has 2 aliphatic heterocycles. The molecule has 0 aromatic heterocycles. The van der Waals surface area contributed by atoms with Gasteiger partial charge in [0.2, 0.25) is 0 Å². The molecule has 11 aromatic rings. The van der Waals surface area contributed by atoms with E-state index in [-0.39, 0.29) is 12.6 Å². The number of anilines is 6. The number of allylic oxidation sites excluding steroid dienone is 4. The second kappa shape index (κ2) is 13.7. The Hall–Kier alpha value is -8.14. The summed E-state index contributed by atoms with van der Waals surface area (Å²) in [5.74, 6) is 0.557. The molecule has 4 aliphatic rings. The van der Waals surface area contributed by atoms with Crippen molar-refractivity contribution in [2.24, 2.45) is 0 Å². The number of benzene rings is 11. The van der Waals surface area contributed by atoms with E-state index in [1.165, 1.54) is 132 Å². The van der Waals surface area contributed by atoms with Gasteiger partial charge < -0.3 is 9.80 Å². The summed E-state index contributed by atoms with van der Waals surface area (Å²) in [7, 11) is 0. The van der Waals surface area contributed by atoms with Crippen molar-refractivity contribution >= 4 is 111 Å². The van der Waals surface area contributed by atoms with Gasteiger partial charge in [0.15, 0.2) is 0 Å². The van der Waals surface area contributed by atoms with Gasteiger partial charge in [-0.3, -0.25) is 0 Å². The zero-order valence-electron chi connectivity index (χ0n) is 37.3. The van der Waals surface area contributed by atoms with Crippen LogP contribution in [0.5, 0.6) is 0 Å². The van der Waals surface area contributed by atoms with E-state index in [0.717, 1.165) is 5.69 Å². The molecule has 0 spiro atoms. The molecule has 0 saturated carbocycles. The highest BCUT2D eigenvalue weighted by Gasteiger charge is 2.45. The number of nitrogens with zero attached hydrogens (tertiary/aromatic N) is 2. The number of fused-ring (bicyclic) bond motifs is 20. The maximum Gasteiger partial charge on any atom is 0.252 e. The van der Waals surface area contributed by atoms with Crippen LogP contribution in [0.4, 0.5) is 34.1 Å². The van der Waals surface area contributed by atoms with Crippen molar-refractivity contribution in [1.29, 1.82) is 0 Å². The molecule has 2 nitrogen and oxygen atoms in total. The zero-order valence-corrected chi connectivity index (χ0v) is 37.3. The predicted molar refractivity (Wildman–Crippen MR) is 287 cm³/mol. The summed E-state index contributed by atoms with van der Waals surface area (Å²) in [6.07, 6.45) is 9.29. The zero-order chi connectivity index (χ0) is 44.1. The lowest BCUT2D eigenvalue weighted by Crippen LogP contribution is -2.61. The van der Waals surface area contributed by atoms with Gasteiger partial charge in [-0.25, -0.2) is 0 Å². The summed E-state index contributed by atoms with van der Waals surface area (Å²) in [6, 6.07) is 71.7. The molecule has 0 N–H and O–H groups in total. The number of hydrogen-bond acceptors (Lipinski definition) is 2. The first-order valence-electron chi connectivity index (χ1n) is 23.8. The monoisotopic (exact) mass is 850 g/mol. The van der Waals surface area contributed by atoms with Gasteiger partial charge in [-0.1, -0.05) is 176 Å². The number of aryl methyl sites for hydroxylation is 2. The van der Waals surface area contributed by atoms with E-state index in [1.54, 1.807) is 0 Å². The van der Waals surface area contributed by atoms with Crippen LogP contribution in [-0.4, -0.2) is 6.71 Å². The van der Waals surface area contributed by atoms with E-state index in [2.05, 4.69) is 236 Å². The summed E-state index contributed by atoms with van der Waals surface area (Å²) < 4.78 is 0. The first-order chi connectivity index (χ1) is 33.1. The fourth-order valence-electron chi connectivity index (χ4n) is 13.0. The van der Waals surface area contributed by atoms with Crippen molar-refractivity contribution in [3.8, 4) is 11.1 Å². The van der Waals surface area contributed by atoms with Crippen LogP contribution in [0.25, 0.3) is 65.0 Å². The summed E-state index contributed by atoms with van der Waals surface area (Å²) in [5, 5.41) is 12.8. The molecule has 0 saturated heterocycles. The number of rotatable bonds is 2. The summed E-state index contributed by atoms with van der Waals surface area (Å²) in [5.41, 5.74) is 19.5. The van der Waals surface area contributed by atoms with E-state index >= 15 is 0 Å². The fraction of sp³-hybridized carbons (Fsp3) is 0.0625. The molecule has 67 heavy (non-hydrogen) atoms. The molecule has 0 amide bonds. The highest BCUT2D eigenvalue weighted by molar-refractivity contribution is 7.00. The van der Waals surface area contributed by atoms with Crippen LogP contribution < -0.4 is 26.2 Å².